The Morgan fingerprint density at radius 3 is 2.30 bits per heavy atom. The maximum atomic E-state index is 12.8. The Bertz CT molecular complexity index is 462. The molecule has 0 aromatic heterocycles. The molecule has 1 aromatic carbocycles. The lowest BCUT2D eigenvalue weighted by molar-refractivity contribution is -0.137. The van der Waals surface area contributed by atoms with Crippen LogP contribution in [0.3, 0.4) is 0 Å². The predicted molar refractivity (Wildman–Crippen MR) is 73.3 cm³/mol. The van der Waals surface area contributed by atoms with Crippen LogP contribution < -0.4 is 5.73 Å². The molecule has 0 bridgehead atoms. The van der Waals surface area contributed by atoms with Gasteiger partial charge in [0.15, 0.2) is 0 Å². The van der Waals surface area contributed by atoms with Gasteiger partial charge in [0.05, 0.1) is 5.56 Å². The van der Waals surface area contributed by atoms with Gasteiger partial charge in [-0.1, -0.05) is 25.0 Å². The molecule has 1 atom stereocenters. The zero-order chi connectivity index (χ0) is 15.0. The molecule has 5 heteroatoms. The summed E-state index contributed by atoms with van der Waals surface area (Å²) in [7, 11) is 3.91. The third-order valence-electron chi connectivity index (χ3n) is 4.51. The summed E-state index contributed by atoms with van der Waals surface area (Å²) in [5.74, 6) is 0. The number of alkyl halides is 3. The van der Waals surface area contributed by atoms with E-state index in [9.17, 15) is 13.2 Å². The first-order chi connectivity index (χ1) is 9.27. The lowest BCUT2D eigenvalue weighted by Crippen LogP contribution is -2.50. The number of rotatable bonds is 3. The second-order valence-corrected chi connectivity index (χ2v) is 5.81. The standard InChI is InChI=1S/C15H21F3N2/c1-20(2)14(8-3-4-9-14)13(19)11-6-5-7-12(10-11)15(16,17)18/h5-7,10,13H,3-4,8-9,19H2,1-2H3. The number of likely N-dealkylation sites (N-methyl/N-ethyl adjacent to an activating group) is 1. The van der Waals surface area contributed by atoms with Crippen molar-refractivity contribution in [3.05, 3.63) is 35.4 Å². The van der Waals surface area contributed by atoms with Gasteiger partial charge in [0, 0.05) is 11.6 Å². The zero-order valence-electron chi connectivity index (χ0n) is 11.9. The van der Waals surface area contributed by atoms with E-state index in [0.29, 0.717) is 5.56 Å². The average Bonchev–Trinajstić information content (AvgIpc) is 2.87. The van der Waals surface area contributed by atoms with Crippen molar-refractivity contribution in [1.82, 2.24) is 4.90 Å². The van der Waals surface area contributed by atoms with Crippen molar-refractivity contribution in [3.8, 4) is 0 Å². The molecule has 0 aliphatic heterocycles. The summed E-state index contributed by atoms with van der Waals surface area (Å²) in [5.41, 5.74) is 6.05. The van der Waals surface area contributed by atoms with Crippen LogP contribution in [0.4, 0.5) is 13.2 Å². The molecule has 1 aliphatic rings. The first-order valence-electron chi connectivity index (χ1n) is 6.87. The number of halogens is 3. The largest absolute Gasteiger partial charge is 0.416 e. The highest BCUT2D eigenvalue weighted by atomic mass is 19.4. The lowest BCUT2D eigenvalue weighted by Gasteiger charge is -2.41. The Morgan fingerprint density at radius 2 is 1.80 bits per heavy atom. The first-order valence-corrected chi connectivity index (χ1v) is 6.87. The molecule has 0 spiro atoms. The van der Waals surface area contributed by atoms with Crippen LogP contribution in [-0.2, 0) is 6.18 Å². The highest BCUT2D eigenvalue weighted by Gasteiger charge is 2.42. The molecule has 1 saturated carbocycles. The van der Waals surface area contributed by atoms with Gasteiger partial charge in [-0.2, -0.15) is 13.2 Å². The zero-order valence-corrected chi connectivity index (χ0v) is 11.9. The smallest absolute Gasteiger partial charge is 0.322 e. The van der Waals surface area contributed by atoms with Gasteiger partial charge in [-0.3, -0.25) is 0 Å². The normalized spacial score (nSPS) is 20.4. The number of hydrogen-bond acceptors (Lipinski definition) is 2. The molecular formula is C15H21F3N2. The Kier molecular flexibility index (Phi) is 4.12. The predicted octanol–water partition coefficient (Wildman–Crippen LogP) is 3.58. The molecule has 1 unspecified atom stereocenters. The molecule has 0 heterocycles. The highest BCUT2D eigenvalue weighted by Crippen LogP contribution is 2.43. The van der Waals surface area contributed by atoms with Crippen molar-refractivity contribution >= 4 is 0 Å². The Hall–Kier alpha value is -1.07. The van der Waals surface area contributed by atoms with Crippen molar-refractivity contribution in [3.63, 3.8) is 0 Å². The van der Waals surface area contributed by atoms with Gasteiger partial charge >= 0.3 is 6.18 Å². The summed E-state index contributed by atoms with van der Waals surface area (Å²) in [6.45, 7) is 0. The van der Waals surface area contributed by atoms with Gasteiger partial charge in [0.1, 0.15) is 0 Å². The lowest BCUT2D eigenvalue weighted by atomic mass is 9.82. The second-order valence-electron chi connectivity index (χ2n) is 5.81. The molecule has 112 valence electrons. The van der Waals surface area contributed by atoms with Gasteiger partial charge in [-0.15, -0.1) is 0 Å². The van der Waals surface area contributed by atoms with E-state index in [1.807, 2.05) is 14.1 Å². The van der Waals surface area contributed by atoms with Crippen molar-refractivity contribution in [2.24, 2.45) is 5.73 Å². The maximum Gasteiger partial charge on any atom is 0.416 e. The van der Waals surface area contributed by atoms with Crippen LogP contribution in [0.2, 0.25) is 0 Å². The molecule has 0 saturated heterocycles. The van der Waals surface area contributed by atoms with E-state index in [1.165, 1.54) is 12.1 Å². The summed E-state index contributed by atoms with van der Waals surface area (Å²) < 4.78 is 38.4. The van der Waals surface area contributed by atoms with Crippen molar-refractivity contribution in [1.29, 1.82) is 0 Å². The fourth-order valence-electron chi connectivity index (χ4n) is 3.24. The molecule has 20 heavy (non-hydrogen) atoms. The van der Waals surface area contributed by atoms with Gasteiger partial charge < -0.3 is 10.6 Å². The van der Waals surface area contributed by atoms with E-state index in [1.54, 1.807) is 6.07 Å². The van der Waals surface area contributed by atoms with E-state index in [4.69, 9.17) is 5.73 Å². The fourth-order valence-corrected chi connectivity index (χ4v) is 3.24. The van der Waals surface area contributed by atoms with Gasteiger partial charge in [-0.05, 0) is 44.6 Å². The van der Waals surface area contributed by atoms with Gasteiger partial charge in [0.2, 0.25) is 0 Å². The fraction of sp³-hybridized carbons (Fsp3) is 0.600. The Labute approximate surface area is 117 Å². The molecule has 1 fully saturated rings. The molecule has 2 N–H and O–H groups in total. The minimum Gasteiger partial charge on any atom is -0.322 e. The molecule has 2 rings (SSSR count). The minimum absolute atomic E-state index is 0.232. The Balaban J connectivity index is 2.35. The summed E-state index contributed by atoms with van der Waals surface area (Å²) >= 11 is 0. The topological polar surface area (TPSA) is 29.3 Å². The first kappa shape index (κ1) is 15.3. The molecule has 1 aromatic rings. The Morgan fingerprint density at radius 1 is 1.20 bits per heavy atom. The monoisotopic (exact) mass is 286 g/mol. The van der Waals surface area contributed by atoms with E-state index >= 15 is 0 Å². The number of hydrogen-bond donors (Lipinski definition) is 1. The van der Waals surface area contributed by atoms with Crippen molar-refractivity contribution in [2.45, 2.75) is 43.4 Å². The van der Waals surface area contributed by atoms with E-state index < -0.39 is 17.8 Å². The van der Waals surface area contributed by atoms with Crippen molar-refractivity contribution < 1.29 is 13.2 Å². The number of nitrogens with two attached hydrogens (primary N) is 1. The molecule has 0 amide bonds. The summed E-state index contributed by atoms with van der Waals surface area (Å²) in [6.07, 6.45) is -0.318. The van der Waals surface area contributed by atoms with Crippen LogP contribution in [0.15, 0.2) is 24.3 Å². The molecule has 2 nitrogen and oxygen atoms in total. The van der Waals surface area contributed by atoms with Gasteiger partial charge in [-0.25, -0.2) is 0 Å². The van der Waals surface area contributed by atoms with E-state index in [-0.39, 0.29) is 5.54 Å². The van der Waals surface area contributed by atoms with Crippen LogP contribution >= 0.6 is 0 Å². The third-order valence-corrected chi connectivity index (χ3v) is 4.51. The van der Waals surface area contributed by atoms with E-state index in [0.717, 1.165) is 31.7 Å². The quantitative estimate of drug-likeness (QED) is 0.920. The number of benzene rings is 1. The number of nitrogens with zero attached hydrogens (tertiary/aromatic N) is 1. The maximum absolute atomic E-state index is 12.8. The van der Waals surface area contributed by atoms with Crippen LogP contribution in [0.5, 0.6) is 0 Å². The van der Waals surface area contributed by atoms with Gasteiger partial charge in [0.25, 0.3) is 0 Å². The van der Waals surface area contributed by atoms with Crippen LogP contribution in [0.25, 0.3) is 0 Å². The summed E-state index contributed by atoms with van der Waals surface area (Å²) in [4.78, 5) is 2.07. The molecule has 1 aliphatic carbocycles. The minimum atomic E-state index is -4.32. The van der Waals surface area contributed by atoms with Crippen LogP contribution in [0, 0.1) is 0 Å². The highest BCUT2D eigenvalue weighted by molar-refractivity contribution is 5.30. The van der Waals surface area contributed by atoms with Crippen LogP contribution in [0.1, 0.15) is 42.9 Å². The summed E-state index contributed by atoms with van der Waals surface area (Å²) in [5, 5.41) is 0. The summed E-state index contributed by atoms with van der Waals surface area (Å²) in [6, 6.07) is 5.02. The average molecular weight is 286 g/mol. The SMILES string of the molecule is CN(C)C1(C(N)c2cccc(C(F)(F)F)c2)CCCC1. The van der Waals surface area contributed by atoms with E-state index in [2.05, 4.69) is 4.90 Å². The second kappa shape index (κ2) is 5.37. The molecular weight excluding hydrogens is 265 g/mol. The van der Waals surface area contributed by atoms with Crippen LogP contribution in [-0.4, -0.2) is 24.5 Å². The van der Waals surface area contributed by atoms with Crippen molar-refractivity contribution in [2.75, 3.05) is 14.1 Å². The molecule has 0 radical (unpaired) electrons. The third kappa shape index (κ3) is 2.69.